The Morgan fingerprint density at radius 2 is 1.74 bits per heavy atom. The van der Waals surface area contributed by atoms with E-state index in [0.717, 1.165) is 41.1 Å². The third-order valence-corrected chi connectivity index (χ3v) is 5.51. The molecule has 2 aromatic heterocycles. The van der Waals surface area contributed by atoms with Gasteiger partial charge in [-0.2, -0.15) is 0 Å². The molecule has 0 fully saturated rings. The van der Waals surface area contributed by atoms with Gasteiger partial charge in [0.15, 0.2) is 0 Å². The molecule has 0 aliphatic carbocycles. The summed E-state index contributed by atoms with van der Waals surface area (Å²) in [5.74, 6) is 0.602. The minimum atomic E-state index is 0.602. The third-order valence-electron chi connectivity index (χ3n) is 5.51. The van der Waals surface area contributed by atoms with E-state index >= 15 is 0 Å². The van der Waals surface area contributed by atoms with Crippen LogP contribution in [0.1, 0.15) is 16.7 Å². The molecule has 31 heavy (non-hydrogen) atoms. The van der Waals surface area contributed by atoms with Crippen molar-refractivity contribution in [2.24, 2.45) is 4.99 Å². The molecular formula is C26H23N5. The van der Waals surface area contributed by atoms with Crippen LogP contribution in [-0.2, 0) is 13.0 Å². The molecule has 0 atom stereocenters. The van der Waals surface area contributed by atoms with Gasteiger partial charge < -0.3 is 5.32 Å². The van der Waals surface area contributed by atoms with Crippen LogP contribution in [0.5, 0.6) is 0 Å². The van der Waals surface area contributed by atoms with Gasteiger partial charge in [0, 0.05) is 41.8 Å². The first kappa shape index (κ1) is 19.1. The topological polar surface area (TPSA) is 63.1 Å². The van der Waals surface area contributed by atoms with Gasteiger partial charge in [0.05, 0.1) is 18.8 Å². The molecule has 0 saturated heterocycles. The molecule has 152 valence electrons. The summed E-state index contributed by atoms with van der Waals surface area (Å²) in [6.07, 6.45) is 6.34. The van der Waals surface area contributed by atoms with Crippen LogP contribution in [0.4, 0.5) is 5.95 Å². The van der Waals surface area contributed by atoms with Crippen LogP contribution in [0.2, 0.25) is 0 Å². The first-order chi connectivity index (χ1) is 15.3. The molecule has 0 saturated carbocycles. The molecule has 0 spiro atoms. The van der Waals surface area contributed by atoms with Gasteiger partial charge in [0.2, 0.25) is 5.95 Å². The van der Waals surface area contributed by atoms with E-state index in [9.17, 15) is 0 Å². The molecule has 1 aliphatic rings. The highest BCUT2D eigenvalue weighted by Gasteiger charge is 2.14. The predicted octanol–water partition coefficient (Wildman–Crippen LogP) is 5.12. The van der Waals surface area contributed by atoms with Gasteiger partial charge in [-0.15, -0.1) is 0 Å². The second-order valence-electron chi connectivity index (χ2n) is 7.74. The zero-order valence-electron chi connectivity index (χ0n) is 17.4. The number of pyridine rings is 1. The second kappa shape index (κ2) is 8.48. The van der Waals surface area contributed by atoms with E-state index in [4.69, 9.17) is 9.98 Å². The molecular weight excluding hydrogens is 382 g/mol. The summed E-state index contributed by atoms with van der Waals surface area (Å²) in [5.41, 5.74) is 9.00. The number of hydrogen-bond donors (Lipinski definition) is 1. The Hall–Kier alpha value is -3.86. The standard InChI is InChI=1S/C26H23N5/c1-18-5-4-8-21(13-18)24-17-30-26(31-25(24)19-9-11-27-12-10-19)29-16-23-14-20-6-2-3-7-22(20)15-28-23/h2-13,17H,14-16H2,1H3,(H,29,30,31). The normalized spacial score (nSPS) is 12.7. The van der Waals surface area contributed by atoms with Crippen molar-refractivity contribution in [3.8, 4) is 22.4 Å². The fraction of sp³-hybridized carbons (Fsp3) is 0.154. The summed E-state index contributed by atoms with van der Waals surface area (Å²) in [5, 5.41) is 3.38. The Labute approximate surface area is 182 Å². The van der Waals surface area contributed by atoms with Gasteiger partial charge in [-0.05, 0) is 35.7 Å². The molecule has 5 nitrogen and oxygen atoms in total. The van der Waals surface area contributed by atoms with Crippen molar-refractivity contribution in [3.63, 3.8) is 0 Å². The van der Waals surface area contributed by atoms with Crippen molar-refractivity contribution >= 4 is 11.7 Å². The predicted molar refractivity (Wildman–Crippen MR) is 125 cm³/mol. The highest BCUT2D eigenvalue weighted by atomic mass is 15.1. The van der Waals surface area contributed by atoms with Crippen LogP contribution >= 0.6 is 0 Å². The summed E-state index contributed by atoms with van der Waals surface area (Å²) in [6, 6.07) is 20.9. The van der Waals surface area contributed by atoms with Gasteiger partial charge in [0.25, 0.3) is 0 Å². The lowest BCUT2D eigenvalue weighted by molar-refractivity contribution is 0.971. The number of aromatic nitrogens is 3. The maximum atomic E-state index is 4.87. The molecule has 0 radical (unpaired) electrons. The molecule has 0 amide bonds. The van der Waals surface area contributed by atoms with E-state index in [-0.39, 0.29) is 0 Å². The molecule has 0 unspecified atom stereocenters. The second-order valence-corrected chi connectivity index (χ2v) is 7.74. The van der Waals surface area contributed by atoms with E-state index in [1.165, 1.54) is 16.7 Å². The minimum Gasteiger partial charge on any atom is -0.349 e. The van der Waals surface area contributed by atoms with Crippen LogP contribution in [0.25, 0.3) is 22.4 Å². The van der Waals surface area contributed by atoms with Crippen LogP contribution < -0.4 is 5.32 Å². The van der Waals surface area contributed by atoms with Gasteiger partial charge in [-0.3, -0.25) is 9.98 Å². The Morgan fingerprint density at radius 1 is 0.903 bits per heavy atom. The van der Waals surface area contributed by atoms with Gasteiger partial charge in [0.1, 0.15) is 0 Å². The quantitative estimate of drug-likeness (QED) is 0.500. The maximum absolute atomic E-state index is 4.87. The number of anilines is 1. The SMILES string of the molecule is Cc1cccc(-c2cnc(NCC3=NCc4ccccc4C3)nc2-c2ccncc2)c1. The van der Waals surface area contributed by atoms with E-state index < -0.39 is 0 Å². The van der Waals surface area contributed by atoms with Crippen molar-refractivity contribution in [2.45, 2.75) is 19.9 Å². The van der Waals surface area contributed by atoms with Crippen molar-refractivity contribution in [3.05, 3.63) is 95.9 Å². The number of rotatable bonds is 5. The molecule has 5 heteroatoms. The van der Waals surface area contributed by atoms with E-state index in [2.05, 4.69) is 70.7 Å². The monoisotopic (exact) mass is 405 g/mol. The van der Waals surface area contributed by atoms with Crippen LogP contribution in [0.15, 0.2) is 84.2 Å². The van der Waals surface area contributed by atoms with Crippen molar-refractivity contribution < 1.29 is 0 Å². The summed E-state index contributed by atoms with van der Waals surface area (Å²) in [4.78, 5) is 18.4. The number of benzene rings is 2. The van der Waals surface area contributed by atoms with Gasteiger partial charge in [-0.1, -0.05) is 54.1 Å². The highest BCUT2D eigenvalue weighted by molar-refractivity contribution is 5.91. The Morgan fingerprint density at radius 3 is 2.58 bits per heavy atom. The lowest BCUT2D eigenvalue weighted by Gasteiger charge is -2.17. The molecule has 1 aliphatic heterocycles. The zero-order valence-corrected chi connectivity index (χ0v) is 17.4. The van der Waals surface area contributed by atoms with Crippen LogP contribution in [-0.4, -0.2) is 27.2 Å². The maximum Gasteiger partial charge on any atom is 0.223 e. The number of nitrogens with zero attached hydrogens (tertiary/aromatic N) is 4. The number of hydrogen-bond acceptors (Lipinski definition) is 5. The molecule has 2 aromatic carbocycles. The van der Waals surface area contributed by atoms with Crippen LogP contribution in [0.3, 0.4) is 0 Å². The lowest BCUT2D eigenvalue weighted by atomic mass is 9.99. The van der Waals surface area contributed by atoms with E-state index in [0.29, 0.717) is 12.5 Å². The number of aliphatic imine (C=N–C) groups is 1. The lowest BCUT2D eigenvalue weighted by Crippen LogP contribution is -2.21. The summed E-state index contributed by atoms with van der Waals surface area (Å²) >= 11 is 0. The molecule has 0 bridgehead atoms. The third kappa shape index (κ3) is 4.21. The molecule has 5 rings (SSSR count). The van der Waals surface area contributed by atoms with E-state index in [1.807, 2.05) is 18.3 Å². The molecule has 4 aromatic rings. The minimum absolute atomic E-state index is 0.602. The largest absolute Gasteiger partial charge is 0.349 e. The first-order valence-corrected chi connectivity index (χ1v) is 10.4. The number of aryl methyl sites for hydroxylation is 1. The Balaban J connectivity index is 1.42. The Kier molecular flexibility index (Phi) is 5.23. The highest BCUT2D eigenvalue weighted by Crippen LogP contribution is 2.31. The van der Waals surface area contributed by atoms with Crippen molar-refractivity contribution in [1.82, 2.24) is 15.0 Å². The van der Waals surface area contributed by atoms with Gasteiger partial charge >= 0.3 is 0 Å². The Bertz CT molecular complexity index is 1250. The van der Waals surface area contributed by atoms with Crippen LogP contribution in [0, 0.1) is 6.92 Å². The zero-order chi connectivity index (χ0) is 21.0. The smallest absolute Gasteiger partial charge is 0.223 e. The molecule has 3 heterocycles. The van der Waals surface area contributed by atoms with Crippen molar-refractivity contribution in [2.75, 3.05) is 11.9 Å². The average Bonchev–Trinajstić information content (AvgIpc) is 2.83. The molecule has 1 N–H and O–H groups in total. The summed E-state index contributed by atoms with van der Waals surface area (Å²) in [7, 11) is 0. The van der Waals surface area contributed by atoms with Gasteiger partial charge in [-0.25, -0.2) is 9.97 Å². The summed E-state index contributed by atoms with van der Waals surface area (Å²) < 4.78 is 0. The van der Waals surface area contributed by atoms with Crippen molar-refractivity contribution in [1.29, 1.82) is 0 Å². The first-order valence-electron chi connectivity index (χ1n) is 10.4. The fourth-order valence-electron chi connectivity index (χ4n) is 3.88. The number of fused-ring (bicyclic) bond motifs is 1. The fourth-order valence-corrected chi connectivity index (χ4v) is 3.88. The van der Waals surface area contributed by atoms with E-state index in [1.54, 1.807) is 12.4 Å². The summed E-state index contributed by atoms with van der Waals surface area (Å²) in [6.45, 7) is 3.46. The number of nitrogens with one attached hydrogen (secondary N) is 1. The average molecular weight is 406 g/mol.